The second-order valence-electron chi connectivity index (χ2n) is 6.47. The highest BCUT2D eigenvalue weighted by molar-refractivity contribution is 5.76. The van der Waals surface area contributed by atoms with E-state index < -0.39 is 0 Å². The Morgan fingerprint density at radius 1 is 1.26 bits per heavy atom. The summed E-state index contributed by atoms with van der Waals surface area (Å²) < 4.78 is 0. The summed E-state index contributed by atoms with van der Waals surface area (Å²) in [4.78, 5) is 25.4. The molecule has 1 fully saturated rings. The quantitative estimate of drug-likeness (QED) is 0.809. The minimum atomic E-state index is 0.301. The Morgan fingerprint density at radius 2 is 1.91 bits per heavy atom. The van der Waals surface area contributed by atoms with E-state index in [1.54, 1.807) is 0 Å². The predicted molar refractivity (Wildman–Crippen MR) is 93.6 cm³/mol. The molecule has 23 heavy (non-hydrogen) atoms. The summed E-state index contributed by atoms with van der Waals surface area (Å²) in [6, 6.07) is 0. The average Bonchev–Trinajstić information content (AvgIpc) is 2.57. The van der Waals surface area contributed by atoms with Gasteiger partial charge in [0.05, 0.1) is 0 Å². The summed E-state index contributed by atoms with van der Waals surface area (Å²) in [5.41, 5.74) is 2.19. The van der Waals surface area contributed by atoms with Crippen LogP contribution in [0.25, 0.3) is 0 Å². The molecule has 5 heteroatoms. The van der Waals surface area contributed by atoms with Gasteiger partial charge in [0.25, 0.3) is 0 Å². The zero-order valence-electron chi connectivity index (χ0n) is 15.0. The van der Waals surface area contributed by atoms with Crippen LogP contribution in [0.1, 0.15) is 50.8 Å². The van der Waals surface area contributed by atoms with E-state index in [1.165, 1.54) is 0 Å². The van der Waals surface area contributed by atoms with E-state index in [2.05, 4.69) is 14.9 Å². The van der Waals surface area contributed by atoms with Gasteiger partial charge in [-0.1, -0.05) is 0 Å². The Bertz CT molecular complexity index is 520. The molecule has 0 spiro atoms. The van der Waals surface area contributed by atoms with Crippen molar-refractivity contribution in [2.45, 2.75) is 53.4 Å². The molecule has 1 aliphatic rings. The lowest BCUT2D eigenvalue weighted by Crippen LogP contribution is -2.36. The smallest absolute Gasteiger partial charge is 0.225 e. The van der Waals surface area contributed by atoms with Gasteiger partial charge in [-0.25, -0.2) is 9.97 Å². The lowest BCUT2D eigenvalue weighted by atomic mass is 9.92. The van der Waals surface area contributed by atoms with Gasteiger partial charge in [-0.15, -0.1) is 0 Å². The highest BCUT2D eigenvalue weighted by Crippen LogP contribution is 2.24. The average molecular weight is 318 g/mol. The lowest BCUT2D eigenvalue weighted by molar-refractivity contribution is -0.131. The zero-order chi connectivity index (χ0) is 16.8. The summed E-state index contributed by atoms with van der Waals surface area (Å²) in [7, 11) is 0. The van der Waals surface area contributed by atoms with E-state index in [-0.39, 0.29) is 0 Å². The van der Waals surface area contributed by atoms with Crippen molar-refractivity contribution >= 4 is 11.9 Å². The van der Waals surface area contributed by atoms with Gasteiger partial charge in [-0.05, 0) is 58.4 Å². The molecule has 0 atom stereocenters. The standard InChI is InChI=1S/C18H30N4O/c1-5-21(6-2)17(23)8-7-16-9-11-22(12-10-16)18-19-13-14(3)15(4)20-18/h13,16H,5-12H2,1-4H3. The molecule has 1 aromatic rings. The third-order valence-electron chi connectivity index (χ3n) is 4.99. The number of hydrogen-bond acceptors (Lipinski definition) is 4. The van der Waals surface area contributed by atoms with Gasteiger partial charge in [0.2, 0.25) is 11.9 Å². The molecule has 1 aromatic heterocycles. The van der Waals surface area contributed by atoms with Crippen molar-refractivity contribution in [3.05, 3.63) is 17.5 Å². The Hall–Kier alpha value is -1.65. The molecule has 0 saturated carbocycles. The molecule has 1 saturated heterocycles. The van der Waals surface area contributed by atoms with Crippen molar-refractivity contribution in [1.82, 2.24) is 14.9 Å². The fraction of sp³-hybridized carbons (Fsp3) is 0.722. The first-order valence-corrected chi connectivity index (χ1v) is 8.88. The van der Waals surface area contributed by atoms with Crippen molar-refractivity contribution < 1.29 is 4.79 Å². The molecular weight excluding hydrogens is 288 g/mol. The Morgan fingerprint density at radius 3 is 2.48 bits per heavy atom. The molecule has 5 nitrogen and oxygen atoms in total. The van der Waals surface area contributed by atoms with Crippen LogP contribution in [0.15, 0.2) is 6.20 Å². The van der Waals surface area contributed by atoms with E-state index in [0.29, 0.717) is 18.2 Å². The Balaban J connectivity index is 1.79. The van der Waals surface area contributed by atoms with Crippen LogP contribution in [-0.2, 0) is 4.79 Å². The molecule has 2 heterocycles. The van der Waals surface area contributed by atoms with E-state index in [1.807, 2.05) is 38.8 Å². The number of hydrogen-bond donors (Lipinski definition) is 0. The van der Waals surface area contributed by atoms with Crippen LogP contribution in [0.5, 0.6) is 0 Å². The number of amides is 1. The summed E-state index contributed by atoms with van der Waals surface area (Å²) in [6.45, 7) is 11.8. The number of aromatic nitrogens is 2. The van der Waals surface area contributed by atoms with Crippen molar-refractivity contribution in [3.8, 4) is 0 Å². The van der Waals surface area contributed by atoms with Gasteiger partial charge >= 0.3 is 0 Å². The summed E-state index contributed by atoms with van der Waals surface area (Å²) in [6.07, 6.45) is 5.86. The molecule has 1 aliphatic heterocycles. The third-order valence-corrected chi connectivity index (χ3v) is 4.99. The van der Waals surface area contributed by atoms with E-state index in [0.717, 1.165) is 62.6 Å². The van der Waals surface area contributed by atoms with Crippen LogP contribution in [0.2, 0.25) is 0 Å². The number of carbonyl (C=O) groups is 1. The topological polar surface area (TPSA) is 49.3 Å². The molecule has 2 rings (SSSR count). The third kappa shape index (κ3) is 4.66. The summed E-state index contributed by atoms with van der Waals surface area (Å²) in [5.74, 6) is 1.80. The van der Waals surface area contributed by atoms with Gasteiger partial charge in [0, 0.05) is 44.5 Å². The van der Waals surface area contributed by atoms with Gasteiger partial charge < -0.3 is 9.80 Å². The fourth-order valence-corrected chi connectivity index (χ4v) is 3.15. The maximum Gasteiger partial charge on any atom is 0.225 e. The maximum atomic E-state index is 12.1. The van der Waals surface area contributed by atoms with Crippen molar-refractivity contribution in [3.63, 3.8) is 0 Å². The summed E-state index contributed by atoms with van der Waals surface area (Å²) in [5, 5.41) is 0. The fourth-order valence-electron chi connectivity index (χ4n) is 3.15. The van der Waals surface area contributed by atoms with Crippen molar-refractivity contribution in [1.29, 1.82) is 0 Å². The first-order chi connectivity index (χ1) is 11.0. The van der Waals surface area contributed by atoms with Crippen LogP contribution >= 0.6 is 0 Å². The predicted octanol–water partition coefficient (Wildman–Crippen LogP) is 2.96. The van der Waals surface area contributed by atoms with Gasteiger partial charge in [0.1, 0.15) is 0 Å². The molecule has 1 amide bonds. The largest absolute Gasteiger partial charge is 0.343 e. The van der Waals surface area contributed by atoms with Gasteiger partial charge in [0.15, 0.2) is 0 Å². The number of rotatable bonds is 6. The zero-order valence-corrected chi connectivity index (χ0v) is 15.0. The molecule has 0 unspecified atom stereocenters. The normalized spacial score (nSPS) is 15.7. The first kappa shape index (κ1) is 17.7. The summed E-state index contributed by atoms with van der Waals surface area (Å²) >= 11 is 0. The molecule has 128 valence electrons. The SMILES string of the molecule is CCN(CC)C(=O)CCC1CCN(c2ncc(C)c(C)n2)CC1. The van der Waals surface area contributed by atoms with E-state index in [4.69, 9.17) is 0 Å². The molecular formula is C18H30N4O. The highest BCUT2D eigenvalue weighted by atomic mass is 16.2. The lowest BCUT2D eigenvalue weighted by Gasteiger charge is -2.32. The minimum absolute atomic E-state index is 0.301. The number of piperidine rings is 1. The van der Waals surface area contributed by atoms with Crippen LogP contribution < -0.4 is 4.90 Å². The molecule has 0 radical (unpaired) electrons. The number of carbonyl (C=O) groups excluding carboxylic acids is 1. The molecule has 0 aliphatic carbocycles. The van der Waals surface area contributed by atoms with Gasteiger partial charge in [-0.3, -0.25) is 4.79 Å². The Labute approximate surface area is 140 Å². The number of aryl methyl sites for hydroxylation is 2. The molecule has 0 bridgehead atoms. The van der Waals surface area contributed by atoms with Crippen LogP contribution in [0.4, 0.5) is 5.95 Å². The van der Waals surface area contributed by atoms with Crippen LogP contribution in [0, 0.1) is 19.8 Å². The maximum absolute atomic E-state index is 12.1. The van der Waals surface area contributed by atoms with Gasteiger partial charge in [-0.2, -0.15) is 0 Å². The molecule has 0 N–H and O–H groups in total. The van der Waals surface area contributed by atoms with Crippen molar-refractivity contribution in [2.24, 2.45) is 5.92 Å². The first-order valence-electron chi connectivity index (χ1n) is 8.88. The molecule has 0 aromatic carbocycles. The Kier molecular flexibility index (Phi) is 6.37. The van der Waals surface area contributed by atoms with Crippen LogP contribution in [-0.4, -0.2) is 47.0 Å². The second-order valence-corrected chi connectivity index (χ2v) is 6.47. The minimum Gasteiger partial charge on any atom is -0.343 e. The van der Waals surface area contributed by atoms with E-state index in [9.17, 15) is 4.79 Å². The van der Waals surface area contributed by atoms with Crippen molar-refractivity contribution in [2.75, 3.05) is 31.1 Å². The second kappa shape index (κ2) is 8.27. The van der Waals surface area contributed by atoms with E-state index >= 15 is 0 Å². The monoisotopic (exact) mass is 318 g/mol. The van der Waals surface area contributed by atoms with Crippen LogP contribution in [0.3, 0.4) is 0 Å². The number of anilines is 1. The highest BCUT2D eigenvalue weighted by Gasteiger charge is 2.22. The number of nitrogens with zero attached hydrogens (tertiary/aromatic N) is 4.